The minimum atomic E-state index is -0.317. The summed E-state index contributed by atoms with van der Waals surface area (Å²) in [6, 6.07) is 5.23. The van der Waals surface area contributed by atoms with Crippen LogP contribution < -0.4 is 5.32 Å². The molecule has 0 aliphatic carbocycles. The van der Waals surface area contributed by atoms with E-state index >= 15 is 0 Å². The number of ether oxygens (including phenoxy) is 1. The van der Waals surface area contributed by atoms with Gasteiger partial charge in [0.25, 0.3) is 0 Å². The molecule has 0 spiro atoms. The maximum Gasteiger partial charge on any atom is 0.357 e. The molecule has 4 heteroatoms. The number of carbonyl (C=O) groups excluding carboxylic acids is 1. The smallest absolute Gasteiger partial charge is 0.357 e. The van der Waals surface area contributed by atoms with Crippen LogP contribution in [0.1, 0.15) is 23.3 Å². The molecular weight excluding hydrogens is 192 g/mol. The average Bonchev–Trinajstić information content (AvgIpc) is 2.31. The van der Waals surface area contributed by atoms with Gasteiger partial charge in [-0.2, -0.15) is 0 Å². The van der Waals surface area contributed by atoms with E-state index in [0.717, 1.165) is 25.9 Å². The molecule has 0 aromatic carbocycles. The summed E-state index contributed by atoms with van der Waals surface area (Å²) in [7, 11) is 0. The number of carbonyl (C=O) groups is 1. The zero-order valence-corrected chi connectivity index (χ0v) is 8.48. The molecule has 0 amide bonds. The quantitative estimate of drug-likeness (QED) is 0.733. The number of aromatic nitrogens is 1. The first-order valence-corrected chi connectivity index (χ1v) is 5.19. The molecule has 4 nitrogen and oxygen atoms in total. The van der Waals surface area contributed by atoms with E-state index in [-0.39, 0.29) is 12.1 Å². The molecule has 0 unspecified atom stereocenters. The predicted molar refractivity (Wildman–Crippen MR) is 55.5 cm³/mol. The van der Waals surface area contributed by atoms with Crippen LogP contribution in [0.5, 0.6) is 0 Å². The molecule has 0 atom stereocenters. The molecule has 0 saturated carbocycles. The van der Waals surface area contributed by atoms with Gasteiger partial charge in [0.15, 0.2) is 0 Å². The standard InChI is InChI=1S/C11H14N2O2/c14-11(10-3-1-2-6-13-10)15-9-4-7-12-8-5-9/h1-3,6,9,12H,4-5,7-8H2. The minimum absolute atomic E-state index is 0.0424. The fraction of sp³-hybridized carbons (Fsp3) is 0.455. The van der Waals surface area contributed by atoms with Crippen molar-refractivity contribution in [3.05, 3.63) is 30.1 Å². The molecule has 1 aromatic heterocycles. The van der Waals surface area contributed by atoms with Gasteiger partial charge in [0.05, 0.1) is 0 Å². The highest BCUT2D eigenvalue weighted by Gasteiger charge is 2.18. The number of rotatable bonds is 2. The van der Waals surface area contributed by atoms with Crippen molar-refractivity contribution in [1.82, 2.24) is 10.3 Å². The van der Waals surface area contributed by atoms with Crippen molar-refractivity contribution >= 4 is 5.97 Å². The van der Waals surface area contributed by atoms with Crippen LogP contribution in [0.2, 0.25) is 0 Å². The van der Waals surface area contributed by atoms with Gasteiger partial charge >= 0.3 is 5.97 Å². The molecule has 80 valence electrons. The molecular formula is C11H14N2O2. The molecule has 0 bridgehead atoms. The van der Waals surface area contributed by atoms with Crippen molar-refractivity contribution in [2.45, 2.75) is 18.9 Å². The van der Waals surface area contributed by atoms with Crippen LogP contribution in [0.4, 0.5) is 0 Å². The van der Waals surface area contributed by atoms with Gasteiger partial charge in [0, 0.05) is 6.20 Å². The highest BCUT2D eigenvalue weighted by Crippen LogP contribution is 2.09. The van der Waals surface area contributed by atoms with Crippen LogP contribution >= 0.6 is 0 Å². The second kappa shape index (κ2) is 4.89. The summed E-state index contributed by atoms with van der Waals surface area (Å²) in [6.45, 7) is 1.83. The van der Waals surface area contributed by atoms with E-state index in [1.165, 1.54) is 0 Å². The molecule has 1 saturated heterocycles. The lowest BCUT2D eigenvalue weighted by Gasteiger charge is -2.22. The van der Waals surface area contributed by atoms with Crippen LogP contribution in [0, 0.1) is 0 Å². The summed E-state index contributed by atoms with van der Waals surface area (Å²) in [4.78, 5) is 15.6. The van der Waals surface area contributed by atoms with Crippen molar-refractivity contribution in [3.8, 4) is 0 Å². The van der Waals surface area contributed by atoms with E-state index in [1.54, 1.807) is 24.4 Å². The van der Waals surface area contributed by atoms with Gasteiger partial charge in [0.1, 0.15) is 11.8 Å². The van der Waals surface area contributed by atoms with Crippen LogP contribution in [-0.2, 0) is 4.74 Å². The van der Waals surface area contributed by atoms with Crippen molar-refractivity contribution in [1.29, 1.82) is 0 Å². The van der Waals surface area contributed by atoms with Gasteiger partial charge in [-0.05, 0) is 38.1 Å². The van der Waals surface area contributed by atoms with E-state index in [4.69, 9.17) is 4.74 Å². The monoisotopic (exact) mass is 206 g/mol. The third-order valence-corrected chi connectivity index (χ3v) is 2.43. The van der Waals surface area contributed by atoms with Crippen molar-refractivity contribution in [2.75, 3.05) is 13.1 Å². The minimum Gasteiger partial charge on any atom is -0.458 e. The van der Waals surface area contributed by atoms with Crippen LogP contribution in [-0.4, -0.2) is 30.1 Å². The van der Waals surface area contributed by atoms with Crippen LogP contribution in [0.25, 0.3) is 0 Å². The Kier molecular flexibility index (Phi) is 3.29. The second-order valence-corrected chi connectivity index (χ2v) is 3.57. The topological polar surface area (TPSA) is 51.2 Å². The molecule has 1 N–H and O–H groups in total. The highest BCUT2D eigenvalue weighted by molar-refractivity contribution is 5.87. The first kappa shape index (κ1) is 10.1. The SMILES string of the molecule is O=C(OC1CCNCC1)c1ccccn1. The largest absolute Gasteiger partial charge is 0.458 e. The van der Waals surface area contributed by atoms with Gasteiger partial charge in [-0.1, -0.05) is 6.07 Å². The Morgan fingerprint density at radius 1 is 1.40 bits per heavy atom. The lowest BCUT2D eigenvalue weighted by Crippen LogP contribution is -2.33. The maximum atomic E-state index is 11.6. The Labute approximate surface area is 88.7 Å². The second-order valence-electron chi connectivity index (χ2n) is 3.57. The first-order valence-electron chi connectivity index (χ1n) is 5.19. The number of piperidine rings is 1. The van der Waals surface area contributed by atoms with Crippen molar-refractivity contribution in [2.24, 2.45) is 0 Å². The predicted octanol–water partition coefficient (Wildman–Crippen LogP) is 0.990. The number of nitrogens with zero attached hydrogens (tertiary/aromatic N) is 1. The van der Waals surface area contributed by atoms with Crippen molar-refractivity contribution < 1.29 is 9.53 Å². The summed E-state index contributed by atoms with van der Waals surface area (Å²) in [5.41, 5.74) is 0.385. The van der Waals surface area contributed by atoms with Gasteiger partial charge in [-0.3, -0.25) is 0 Å². The van der Waals surface area contributed by atoms with Crippen LogP contribution in [0.3, 0.4) is 0 Å². The Morgan fingerprint density at radius 2 is 2.20 bits per heavy atom. The van der Waals surface area contributed by atoms with Gasteiger partial charge in [-0.15, -0.1) is 0 Å². The number of pyridine rings is 1. The number of nitrogens with one attached hydrogen (secondary N) is 1. The summed E-state index contributed by atoms with van der Waals surface area (Å²) in [6.07, 6.45) is 3.41. The summed E-state index contributed by atoms with van der Waals surface area (Å²) < 4.78 is 5.34. The van der Waals surface area contributed by atoms with Gasteiger partial charge in [0.2, 0.25) is 0 Å². The Hall–Kier alpha value is -1.42. The zero-order valence-electron chi connectivity index (χ0n) is 8.48. The summed E-state index contributed by atoms with van der Waals surface area (Å²) in [5, 5.41) is 3.22. The molecule has 1 aromatic rings. The van der Waals surface area contributed by atoms with Gasteiger partial charge < -0.3 is 10.1 Å². The zero-order chi connectivity index (χ0) is 10.5. The summed E-state index contributed by atoms with van der Waals surface area (Å²) >= 11 is 0. The normalized spacial score (nSPS) is 17.3. The fourth-order valence-electron chi connectivity index (χ4n) is 1.61. The van der Waals surface area contributed by atoms with Crippen LogP contribution in [0.15, 0.2) is 24.4 Å². The van der Waals surface area contributed by atoms with E-state index < -0.39 is 0 Å². The Bertz CT molecular complexity index is 321. The van der Waals surface area contributed by atoms with E-state index in [0.29, 0.717) is 5.69 Å². The average molecular weight is 206 g/mol. The highest BCUT2D eigenvalue weighted by atomic mass is 16.5. The maximum absolute atomic E-state index is 11.6. The molecule has 2 heterocycles. The van der Waals surface area contributed by atoms with E-state index in [2.05, 4.69) is 10.3 Å². The third-order valence-electron chi connectivity index (χ3n) is 2.43. The molecule has 0 radical (unpaired) electrons. The Balaban J connectivity index is 1.91. The molecule has 15 heavy (non-hydrogen) atoms. The fourth-order valence-corrected chi connectivity index (χ4v) is 1.61. The van der Waals surface area contributed by atoms with Gasteiger partial charge in [-0.25, -0.2) is 9.78 Å². The Morgan fingerprint density at radius 3 is 2.87 bits per heavy atom. The van der Waals surface area contributed by atoms with E-state index in [9.17, 15) is 4.79 Å². The molecule has 1 aliphatic rings. The molecule has 1 fully saturated rings. The summed E-state index contributed by atoms with van der Waals surface area (Å²) in [5.74, 6) is -0.317. The first-order chi connectivity index (χ1) is 7.36. The number of hydrogen-bond acceptors (Lipinski definition) is 4. The number of esters is 1. The van der Waals surface area contributed by atoms with Crippen molar-refractivity contribution in [3.63, 3.8) is 0 Å². The molecule has 2 rings (SSSR count). The lowest BCUT2D eigenvalue weighted by atomic mass is 10.1. The molecule has 1 aliphatic heterocycles. The lowest BCUT2D eigenvalue weighted by molar-refractivity contribution is 0.0223. The number of hydrogen-bond donors (Lipinski definition) is 1. The third kappa shape index (κ3) is 2.76. The van der Waals surface area contributed by atoms with E-state index in [1.807, 2.05) is 0 Å².